The monoisotopic (exact) mass is 256 g/mol. The van der Waals surface area contributed by atoms with Gasteiger partial charge in [0.1, 0.15) is 0 Å². The zero-order valence-corrected chi connectivity index (χ0v) is 11.8. The van der Waals surface area contributed by atoms with Gasteiger partial charge < -0.3 is 5.73 Å². The highest BCUT2D eigenvalue weighted by Gasteiger charge is 2.05. The molecule has 0 aliphatic heterocycles. The molecule has 2 heteroatoms. The van der Waals surface area contributed by atoms with Crippen LogP contribution in [0, 0.1) is 0 Å². The molecule has 102 valence electrons. The number of benzene rings is 1. The summed E-state index contributed by atoms with van der Waals surface area (Å²) in [5, 5.41) is 1.20. The fraction of sp³-hybridized carbons (Fsp3) is 0.471. The number of para-hydroxylation sites is 1. The average Bonchev–Trinajstić information content (AvgIpc) is 2.43. The van der Waals surface area contributed by atoms with E-state index >= 15 is 0 Å². The minimum atomic E-state index is 0.241. The van der Waals surface area contributed by atoms with Crippen molar-refractivity contribution in [2.45, 2.75) is 51.5 Å². The van der Waals surface area contributed by atoms with Gasteiger partial charge >= 0.3 is 0 Å². The molecule has 0 aliphatic carbocycles. The number of hydrogen-bond donors (Lipinski definition) is 1. The highest BCUT2D eigenvalue weighted by Crippen LogP contribution is 2.14. The molecule has 0 aliphatic rings. The first kappa shape index (κ1) is 14.0. The Labute approximate surface area is 116 Å². The summed E-state index contributed by atoms with van der Waals surface area (Å²) in [6, 6.07) is 12.7. The second-order valence-corrected chi connectivity index (χ2v) is 5.31. The van der Waals surface area contributed by atoms with Crippen LogP contribution in [0.3, 0.4) is 0 Å². The first-order valence-corrected chi connectivity index (χ1v) is 7.40. The smallest absolute Gasteiger partial charge is 0.0705 e. The van der Waals surface area contributed by atoms with Crippen molar-refractivity contribution in [1.82, 2.24) is 4.98 Å². The van der Waals surface area contributed by atoms with Gasteiger partial charge in [0.15, 0.2) is 0 Å². The number of aromatic nitrogens is 1. The van der Waals surface area contributed by atoms with Crippen molar-refractivity contribution in [2.75, 3.05) is 0 Å². The molecular formula is C17H24N2. The molecule has 0 radical (unpaired) electrons. The predicted octanol–water partition coefficient (Wildman–Crippen LogP) is 4.08. The highest BCUT2D eigenvalue weighted by atomic mass is 14.7. The number of fused-ring (bicyclic) bond motifs is 1. The minimum Gasteiger partial charge on any atom is -0.327 e. The summed E-state index contributed by atoms with van der Waals surface area (Å²) in [5.74, 6) is 0. The van der Waals surface area contributed by atoms with Gasteiger partial charge in [-0.1, -0.05) is 56.9 Å². The summed E-state index contributed by atoms with van der Waals surface area (Å²) in [5.41, 5.74) is 8.37. The molecule has 0 amide bonds. The number of nitrogens with zero attached hydrogens (tertiary/aromatic N) is 1. The van der Waals surface area contributed by atoms with Crippen molar-refractivity contribution in [3.63, 3.8) is 0 Å². The zero-order valence-electron chi connectivity index (χ0n) is 11.8. The van der Waals surface area contributed by atoms with Crippen LogP contribution in [0.25, 0.3) is 10.9 Å². The van der Waals surface area contributed by atoms with Gasteiger partial charge in [0.05, 0.1) is 5.52 Å². The van der Waals surface area contributed by atoms with Crippen LogP contribution in [0.1, 0.15) is 44.7 Å². The molecule has 1 atom stereocenters. The van der Waals surface area contributed by atoms with Crippen LogP contribution in [0.5, 0.6) is 0 Å². The topological polar surface area (TPSA) is 38.9 Å². The molecule has 2 nitrogen and oxygen atoms in total. The van der Waals surface area contributed by atoms with E-state index in [1.54, 1.807) is 0 Å². The van der Waals surface area contributed by atoms with Crippen molar-refractivity contribution in [3.05, 3.63) is 42.1 Å². The maximum atomic E-state index is 6.19. The molecule has 1 heterocycles. The molecule has 0 fully saturated rings. The van der Waals surface area contributed by atoms with Crippen LogP contribution in [0.2, 0.25) is 0 Å². The van der Waals surface area contributed by atoms with Crippen LogP contribution in [0.4, 0.5) is 0 Å². The van der Waals surface area contributed by atoms with Crippen LogP contribution < -0.4 is 5.73 Å². The molecule has 1 aromatic carbocycles. The first-order valence-electron chi connectivity index (χ1n) is 7.40. The van der Waals surface area contributed by atoms with E-state index in [0.29, 0.717) is 0 Å². The van der Waals surface area contributed by atoms with Gasteiger partial charge in [-0.05, 0) is 18.6 Å². The molecule has 0 bridgehead atoms. The second kappa shape index (κ2) is 7.25. The molecule has 2 rings (SSSR count). The number of unbranched alkanes of at least 4 members (excludes halogenated alkanes) is 3. The first-order chi connectivity index (χ1) is 9.29. The Bertz CT molecular complexity index is 507. The lowest BCUT2D eigenvalue weighted by atomic mass is 10.0. The SMILES string of the molecule is CCCCCCC(N)Cc1ccc2ccccc2n1. The van der Waals surface area contributed by atoms with E-state index in [1.165, 1.54) is 31.1 Å². The van der Waals surface area contributed by atoms with Gasteiger partial charge in [-0.25, -0.2) is 0 Å². The highest BCUT2D eigenvalue weighted by molar-refractivity contribution is 5.78. The lowest BCUT2D eigenvalue weighted by Crippen LogP contribution is -2.23. The lowest BCUT2D eigenvalue weighted by Gasteiger charge is -2.11. The Morgan fingerprint density at radius 2 is 1.89 bits per heavy atom. The summed E-state index contributed by atoms with van der Waals surface area (Å²) < 4.78 is 0. The van der Waals surface area contributed by atoms with E-state index in [0.717, 1.165) is 24.1 Å². The number of hydrogen-bond acceptors (Lipinski definition) is 2. The van der Waals surface area contributed by atoms with E-state index < -0.39 is 0 Å². The Morgan fingerprint density at radius 1 is 1.05 bits per heavy atom. The van der Waals surface area contributed by atoms with Crippen molar-refractivity contribution in [2.24, 2.45) is 5.73 Å². The van der Waals surface area contributed by atoms with Gasteiger partial charge in [0.25, 0.3) is 0 Å². The Morgan fingerprint density at radius 3 is 2.74 bits per heavy atom. The maximum absolute atomic E-state index is 6.19. The molecular weight excluding hydrogens is 232 g/mol. The third-order valence-electron chi connectivity index (χ3n) is 3.56. The molecule has 1 aromatic heterocycles. The van der Waals surface area contributed by atoms with Gasteiger partial charge in [-0.2, -0.15) is 0 Å². The van der Waals surface area contributed by atoms with E-state index in [9.17, 15) is 0 Å². The van der Waals surface area contributed by atoms with Crippen molar-refractivity contribution in [3.8, 4) is 0 Å². The maximum Gasteiger partial charge on any atom is 0.0705 e. The molecule has 2 N–H and O–H groups in total. The zero-order chi connectivity index (χ0) is 13.5. The molecule has 0 saturated heterocycles. The average molecular weight is 256 g/mol. The van der Waals surface area contributed by atoms with E-state index in [2.05, 4.69) is 36.2 Å². The van der Waals surface area contributed by atoms with Gasteiger partial charge in [-0.3, -0.25) is 4.98 Å². The quantitative estimate of drug-likeness (QED) is 0.758. The second-order valence-electron chi connectivity index (χ2n) is 5.31. The standard InChI is InChI=1S/C17H24N2/c1-2-3-4-5-9-15(18)13-16-12-11-14-8-6-7-10-17(14)19-16/h6-8,10-12,15H,2-5,9,13,18H2,1H3. The third kappa shape index (κ3) is 4.32. The predicted molar refractivity (Wildman–Crippen MR) is 82.2 cm³/mol. The summed E-state index contributed by atoms with van der Waals surface area (Å²) in [7, 11) is 0. The van der Waals surface area contributed by atoms with Gasteiger partial charge in [-0.15, -0.1) is 0 Å². The fourth-order valence-electron chi connectivity index (χ4n) is 2.43. The molecule has 2 aromatic rings. The molecule has 1 unspecified atom stereocenters. The summed E-state index contributed by atoms with van der Waals surface area (Å²) in [6.07, 6.45) is 7.13. The Balaban J connectivity index is 1.89. The fourth-order valence-corrected chi connectivity index (χ4v) is 2.43. The summed E-state index contributed by atoms with van der Waals surface area (Å²) in [4.78, 5) is 4.68. The van der Waals surface area contributed by atoms with Crippen LogP contribution >= 0.6 is 0 Å². The number of rotatable bonds is 7. The van der Waals surface area contributed by atoms with Gasteiger partial charge in [0, 0.05) is 23.5 Å². The lowest BCUT2D eigenvalue weighted by molar-refractivity contribution is 0.543. The molecule has 0 spiro atoms. The molecule has 0 saturated carbocycles. The normalized spacial score (nSPS) is 12.7. The Hall–Kier alpha value is -1.41. The van der Waals surface area contributed by atoms with Crippen LogP contribution in [-0.4, -0.2) is 11.0 Å². The summed E-state index contributed by atoms with van der Waals surface area (Å²) >= 11 is 0. The van der Waals surface area contributed by atoms with E-state index in [1.807, 2.05) is 12.1 Å². The van der Waals surface area contributed by atoms with Gasteiger partial charge in [0.2, 0.25) is 0 Å². The Kier molecular flexibility index (Phi) is 5.34. The summed E-state index contributed by atoms with van der Waals surface area (Å²) in [6.45, 7) is 2.24. The van der Waals surface area contributed by atoms with Crippen LogP contribution in [0.15, 0.2) is 36.4 Å². The number of nitrogens with two attached hydrogens (primary N) is 1. The van der Waals surface area contributed by atoms with Crippen molar-refractivity contribution < 1.29 is 0 Å². The van der Waals surface area contributed by atoms with Crippen molar-refractivity contribution >= 4 is 10.9 Å². The van der Waals surface area contributed by atoms with E-state index in [4.69, 9.17) is 5.73 Å². The van der Waals surface area contributed by atoms with E-state index in [-0.39, 0.29) is 6.04 Å². The van der Waals surface area contributed by atoms with Crippen molar-refractivity contribution in [1.29, 1.82) is 0 Å². The minimum absolute atomic E-state index is 0.241. The largest absolute Gasteiger partial charge is 0.327 e. The molecule has 19 heavy (non-hydrogen) atoms. The van der Waals surface area contributed by atoms with Crippen LogP contribution in [-0.2, 0) is 6.42 Å². The number of pyridine rings is 1. The third-order valence-corrected chi connectivity index (χ3v) is 3.56.